The van der Waals surface area contributed by atoms with E-state index in [0.29, 0.717) is 6.54 Å². The van der Waals surface area contributed by atoms with Crippen LogP contribution in [0.5, 0.6) is 0 Å². The fraction of sp³-hybridized carbons (Fsp3) is 0.692. The lowest BCUT2D eigenvalue weighted by molar-refractivity contribution is -0.0343. The normalized spacial score (nSPS) is 21.1. The van der Waals surface area contributed by atoms with Crippen molar-refractivity contribution in [2.24, 2.45) is 5.73 Å². The summed E-state index contributed by atoms with van der Waals surface area (Å²) in [6.07, 6.45) is 3.76. The monoisotopic (exact) mass is 250 g/mol. The average molecular weight is 250 g/mol. The summed E-state index contributed by atoms with van der Waals surface area (Å²) in [7, 11) is 0. The first kappa shape index (κ1) is 13.4. The highest BCUT2D eigenvalue weighted by Gasteiger charge is 2.23. The molecule has 2 heterocycles. The van der Waals surface area contributed by atoms with Crippen molar-refractivity contribution >= 4 is 0 Å². The Morgan fingerprint density at radius 1 is 1.56 bits per heavy atom. The highest BCUT2D eigenvalue weighted by Crippen LogP contribution is 2.19. The Bertz CT molecular complexity index is 370. The van der Waals surface area contributed by atoms with E-state index in [-0.39, 0.29) is 6.10 Å². The zero-order chi connectivity index (χ0) is 12.8. The number of hydrogen-bond acceptors (Lipinski definition) is 5. The second-order valence-corrected chi connectivity index (χ2v) is 4.60. The van der Waals surface area contributed by atoms with Crippen LogP contribution in [0, 0.1) is 0 Å². The molecule has 1 aromatic rings. The number of morpholine rings is 1. The Morgan fingerprint density at radius 2 is 2.44 bits per heavy atom. The van der Waals surface area contributed by atoms with E-state index in [4.69, 9.17) is 10.5 Å². The molecule has 0 aromatic carbocycles. The van der Waals surface area contributed by atoms with Crippen LogP contribution >= 0.6 is 0 Å². The van der Waals surface area contributed by atoms with E-state index in [2.05, 4.69) is 21.8 Å². The lowest BCUT2D eigenvalue weighted by atomic mass is 10.2. The second-order valence-electron chi connectivity index (χ2n) is 4.60. The van der Waals surface area contributed by atoms with E-state index in [1.165, 1.54) is 6.42 Å². The maximum absolute atomic E-state index is 5.78. The molecule has 5 nitrogen and oxygen atoms in total. The predicted molar refractivity (Wildman–Crippen MR) is 70.2 cm³/mol. The average Bonchev–Trinajstić information content (AvgIpc) is 2.40. The van der Waals surface area contributed by atoms with Gasteiger partial charge in [0.1, 0.15) is 6.10 Å². The van der Waals surface area contributed by atoms with Crippen molar-refractivity contribution in [1.29, 1.82) is 0 Å². The summed E-state index contributed by atoms with van der Waals surface area (Å²) in [4.78, 5) is 11.3. The van der Waals surface area contributed by atoms with Gasteiger partial charge < -0.3 is 10.5 Å². The van der Waals surface area contributed by atoms with Gasteiger partial charge in [-0.2, -0.15) is 0 Å². The van der Waals surface area contributed by atoms with Gasteiger partial charge in [-0.1, -0.05) is 6.92 Å². The summed E-state index contributed by atoms with van der Waals surface area (Å²) >= 11 is 0. The molecule has 0 saturated carbocycles. The van der Waals surface area contributed by atoms with Crippen LogP contribution in [-0.4, -0.2) is 47.7 Å². The van der Waals surface area contributed by atoms with E-state index in [1.807, 2.05) is 6.07 Å². The topological polar surface area (TPSA) is 64.3 Å². The minimum Gasteiger partial charge on any atom is -0.368 e. The van der Waals surface area contributed by atoms with E-state index in [0.717, 1.165) is 44.2 Å². The Morgan fingerprint density at radius 3 is 3.22 bits per heavy atom. The fourth-order valence-electron chi connectivity index (χ4n) is 2.23. The molecule has 1 unspecified atom stereocenters. The number of hydrogen-bond donors (Lipinski definition) is 1. The van der Waals surface area contributed by atoms with Gasteiger partial charge in [-0.15, -0.1) is 0 Å². The molecule has 1 aliphatic rings. The number of nitrogens with two attached hydrogens (primary N) is 1. The van der Waals surface area contributed by atoms with Crippen LogP contribution in [0.15, 0.2) is 12.3 Å². The molecule has 2 rings (SSSR count). The van der Waals surface area contributed by atoms with E-state index >= 15 is 0 Å². The van der Waals surface area contributed by atoms with Crippen molar-refractivity contribution in [3.63, 3.8) is 0 Å². The van der Waals surface area contributed by atoms with E-state index in [1.54, 1.807) is 6.20 Å². The van der Waals surface area contributed by atoms with Crippen LogP contribution < -0.4 is 5.73 Å². The Kier molecular flexibility index (Phi) is 5.04. The quantitative estimate of drug-likeness (QED) is 0.836. The van der Waals surface area contributed by atoms with Crippen LogP contribution in [-0.2, 0) is 11.2 Å². The van der Waals surface area contributed by atoms with Gasteiger partial charge in [0.25, 0.3) is 0 Å². The summed E-state index contributed by atoms with van der Waals surface area (Å²) in [6.45, 7) is 6.58. The van der Waals surface area contributed by atoms with Crippen molar-refractivity contribution in [2.45, 2.75) is 25.9 Å². The van der Waals surface area contributed by atoms with Crippen LogP contribution in [0.4, 0.5) is 0 Å². The first-order valence-corrected chi connectivity index (χ1v) is 6.69. The maximum Gasteiger partial charge on any atom is 0.158 e. The Balaban J connectivity index is 2.03. The van der Waals surface area contributed by atoms with Gasteiger partial charge in [0, 0.05) is 31.4 Å². The molecule has 18 heavy (non-hydrogen) atoms. The first-order valence-electron chi connectivity index (χ1n) is 6.69. The van der Waals surface area contributed by atoms with Crippen molar-refractivity contribution in [2.75, 3.05) is 32.8 Å². The summed E-state index contributed by atoms with van der Waals surface area (Å²) in [5, 5.41) is 0. The third kappa shape index (κ3) is 3.48. The molecular weight excluding hydrogens is 228 g/mol. The van der Waals surface area contributed by atoms with Crippen LogP contribution in [0.1, 0.15) is 31.0 Å². The van der Waals surface area contributed by atoms with Crippen molar-refractivity contribution in [3.05, 3.63) is 23.8 Å². The molecule has 0 amide bonds. The zero-order valence-corrected chi connectivity index (χ0v) is 11.0. The van der Waals surface area contributed by atoms with Gasteiger partial charge in [0.2, 0.25) is 0 Å². The molecule has 1 aromatic heterocycles. The molecular formula is C13H22N4O. The molecule has 0 spiro atoms. The highest BCUT2D eigenvalue weighted by atomic mass is 16.5. The molecule has 100 valence electrons. The smallest absolute Gasteiger partial charge is 0.158 e. The number of aromatic nitrogens is 2. The largest absolute Gasteiger partial charge is 0.368 e. The van der Waals surface area contributed by atoms with E-state index < -0.39 is 0 Å². The summed E-state index contributed by atoms with van der Waals surface area (Å²) in [5.41, 5.74) is 6.55. The molecule has 1 fully saturated rings. The van der Waals surface area contributed by atoms with Gasteiger partial charge in [-0.25, -0.2) is 9.97 Å². The summed E-state index contributed by atoms with van der Waals surface area (Å²) in [6, 6.07) is 1.92. The van der Waals surface area contributed by atoms with Crippen molar-refractivity contribution < 1.29 is 4.74 Å². The molecule has 0 bridgehead atoms. The van der Waals surface area contributed by atoms with Gasteiger partial charge in [0.15, 0.2) is 5.82 Å². The van der Waals surface area contributed by atoms with Gasteiger partial charge in [0.05, 0.1) is 6.61 Å². The molecule has 2 N–H and O–H groups in total. The van der Waals surface area contributed by atoms with Crippen LogP contribution in [0.3, 0.4) is 0 Å². The van der Waals surface area contributed by atoms with Gasteiger partial charge in [-0.05, 0) is 25.6 Å². The van der Waals surface area contributed by atoms with Crippen LogP contribution in [0.25, 0.3) is 0 Å². The number of ether oxygens (including phenoxy) is 1. The minimum atomic E-state index is 0.00280. The fourth-order valence-corrected chi connectivity index (χ4v) is 2.23. The minimum absolute atomic E-state index is 0.00280. The molecule has 0 radical (unpaired) electrons. The third-order valence-corrected chi connectivity index (χ3v) is 3.11. The molecule has 1 saturated heterocycles. The maximum atomic E-state index is 5.78. The predicted octanol–water partition coefficient (Wildman–Crippen LogP) is 0.761. The number of rotatable bonds is 5. The standard InChI is InChI=1S/C13H22N4O/c1-2-7-17-8-9-18-12(10-17)13-15-6-4-11(16-13)3-5-14/h4,6,12H,2-3,5,7-10,14H2,1H3. The molecule has 5 heteroatoms. The van der Waals surface area contributed by atoms with Crippen molar-refractivity contribution in [1.82, 2.24) is 14.9 Å². The van der Waals surface area contributed by atoms with Crippen LogP contribution in [0.2, 0.25) is 0 Å². The lowest BCUT2D eigenvalue weighted by Crippen LogP contribution is -2.39. The SMILES string of the molecule is CCCN1CCOC(c2nccc(CCN)n2)C1. The molecule has 1 aliphatic heterocycles. The van der Waals surface area contributed by atoms with E-state index in [9.17, 15) is 0 Å². The summed E-state index contributed by atoms with van der Waals surface area (Å²) < 4.78 is 5.78. The van der Waals surface area contributed by atoms with Gasteiger partial charge >= 0.3 is 0 Å². The Labute approximate surface area is 108 Å². The molecule has 1 atom stereocenters. The summed E-state index contributed by atoms with van der Waals surface area (Å²) in [5.74, 6) is 0.793. The zero-order valence-electron chi connectivity index (χ0n) is 11.0. The third-order valence-electron chi connectivity index (χ3n) is 3.11. The Hall–Kier alpha value is -1.04. The lowest BCUT2D eigenvalue weighted by Gasteiger charge is -2.31. The van der Waals surface area contributed by atoms with Gasteiger partial charge in [-0.3, -0.25) is 4.90 Å². The second kappa shape index (κ2) is 6.78. The number of nitrogens with zero attached hydrogens (tertiary/aromatic N) is 3. The first-order chi connectivity index (χ1) is 8.83. The molecule has 0 aliphatic carbocycles. The van der Waals surface area contributed by atoms with Crippen molar-refractivity contribution in [3.8, 4) is 0 Å². The highest BCUT2D eigenvalue weighted by molar-refractivity contribution is 5.05.